The normalized spacial score (nSPS) is 23.4. The van der Waals surface area contributed by atoms with Crippen molar-refractivity contribution in [2.24, 2.45) is 11.8 Å². The zero-order valence-corrected chi connectivity index (χ0v) is 18.5. The minimum Gasteiger partial charge on any atom is -0.481 e. The van der Waals surface area contributed by atoms with Gasteiger partial charge >= 0.3 is 0 Å². The van der Waals surface area contributed by atoms with Crippen molar-refractivity contribution in [2.75, 3.05) is 19.6 Å². The van der Waals surface area contributed by atoms with E-state index in [1.54, 1.807) is 23.1 Å². The molecule has 0 spiro atoms. The quantitative estimate of drug-likeness (QED) is 0.714. The average Bonchev–Trinajstić information content (AvgIpc) is 3.26. The van der Waals surface area contributed by atoms with Gasteiger partial charge in [0.1, 0.15) is 6.26 Å². The average molecular weight is 456 g/mol. The van der Waals surface area contributed by atoms with Crippen LogP contribution in [0.2, 0.25) is 0 Å². The molecule has 1 saturated heterocycles. The lowest BCUT2D eigenvalue weighted by atomic mass is 9.78. The van der Waals surface area contributed by atoms with Crippen molar-refractivity contribution < 1.29 is 24.0 Å². The van der Waals surface area contributed by atoms with E-state index in [1.807, 2.05) is 10.6 Å². The molecular formula is C23H28N4O6. The van der Waals surface area contributed by atoms with Crippen molar-refractivity contribution in [2.45, 2.75) is 44.6 Å². The number of aromatic nitrogens is 2. The number of pyridine rings is 1. The maximum atomic E-state index is 12.8. The van der Waals surface area contributed by atoms with Gasteiger partial charge in [-0.1, -0.05) is 17.6 Å². The second kappa shape index (κ2) is 9.60. The maximum Gasteiger partial charge on any atom is 0.300 e. The van der Waals surface area contributed by atoms with Gasteiger partial charge in [0.15, 0.2) is 5.69 Å². The molecule has 4 heterocycles. The van der Waals surface area contributed by atoms with Gasteiger partial charge in [-0.15, -0.1) is 0 Å². The fourth-order valence-corrected chi connectivity index (χ4v) is 4.98. The Kier molecular flexibility index (Phi) is 6.62. The molecule has 3 atom stereocenters. The highest BCUT2D eigenvalue weighted by atomic mass is 16.5. The standard InChI is InChI=1S/C21H24N4O4.C2H4O2/c26-19-6-2-5-17-14-9-15(12-24(11-14)21(28)16-7-8-29-23-16)18(25(17)19)10-22-20(27)13-3-1-4-13;1-2(3)4/h2,5-8,13-15,18H,1,3-4,9-12H2,(H,22,27);1H3,(H,3,4)/t14-,15+,18+;/m1./s1. The summed E-state index contributed by atoms with van der Waals surface area (Å²) in [6.07, 6.45) is 5.28. The molecule has 2 aromatic rings. The molecule has 2 aromatic heterocycles. The molecular weight excluding hydrogens is 428 g/mol. The number of nitrogens with zero attached hydrogens (tertiary/aromatic N) is 3. The predicted molar refractivity (Wildman–Crippen MR) is 117 cm³/mol. The number of fused-ring (bicyclic) bond motifs is 4. The Morgan fingerprint density at radius 2 is 1.97 bits per heavy atom. The lowest BCUT2D eigenvalue weighted by Gasteiger charge is -2.47. The predicted octanol–water partition coefficient (Wildman–Crippen LogP) is 1.64. The number of likely N-dealkylation sites (tertiary alicyclic amines) is 1. The van der Waals surface area contributed by atoms with Crippen molar-refractivity contribution >= 4 is 17.8 Å². The highest BCUT2D eigenvalue weighted by molar-refractivity contribution is 5.92. The monoisotopic (exact) mass is 456 g/mol. The second-order valence-corrected chi connectivity index (χ2v) is 8.91. The number of carbonyl (C=O) groups excluding carboxylic acids is 2. The van der Waals surface area contributed by atoms with Crippen LogP contribution in [0.5, 0.6) is 0 Å². The molecule has 2 N–H and O–H groups in total. The van der Waals surface area contributed by atoms with E-state index in [1.165, 1.54) is 6.26 Å². The summed E-state index contributed by atoms with van der Waals surface area (Å²) in [5.74, 6) is -0.612. The Labute approximate surface area is 190 Å². The van der Waals surface area contributed by atoms with E-state index in [2.05, 4.69) is 10.5 Å². The molecule has 176 valence electrons. The number of carboxylic acids is 1. The van der Waals surface area contributed by atoms with Crippen LogP contribution in [0.15, 0.2) is 39.8 Å². The van der Waals surface area contributed by atoms with Gasteiger partial charge < -0.3 is 24.4 Å². The van der Waals surface area contributed by atoms with Crippen LogP contribution in [-0.4, -0.2) is 57.1 Å². The number of aliphatic carboxylic acids is 1. The van der Waals surface area contributed by atoms with E-state index in [4.69, 9.17) is 14.4 Å². The lowest BCUT2D eigenvalue weighted by Crippen LogP contribution is -2.53. The summed E-state index contributed by atoms with van der Waals surface area (Å²) in [6, 6.07) is 6.72. The summed E-state index contributed by atoms with van der Waals surface area (Å²) in [5, 5.41) is 14.3. The Morgan fingerprint density at radius 3 is 2.61 bits per heavy atom. The van der Waals surface area contributed by atoms with Gasteiger partial charge in [0, 0.05) is 56.2 Å². The first-order valence-corrected chi connectivity index (χ1v) is 11.2. The molecule has 5 rings (SSSR count). The third-order valence-corrected chi connectivity index (χ3v) is 6.70. The summed E-state index contributed by atoms with van der Waals surface area (Å²) in [5.41, 5.74) is 1.19. The van der Waals surface area contributed by atoms with Gasteiger partial charge in [-0.2, -0.15) is 0 Å². The summed E-state index contributed by atoms with van der Waals surface area (Å²) in [4.78, 5) is 48.7. The molecule has 0 radical (unpaired) electrons. The fraction of sp³-hybridized carbons (Fsp3) is 0.522. The highest BCUT2D eigenvalue weighted by Gasteiger charge is 2.42. The molecule has 2 amide bonds. The first-order chi connectivity index (χ1) is 15.8. The molecule has 3 aliphatic rings. The summed E-state index contributed by atoms with van der Waals surface area (Å²) in [7, 11) is 0. The van der Waals surface area contributed by atoms with Crippen molar-refractivity contribution in [1.29, 1.82) is 0 Å². The number of carboxylic acid groups (broad SMARTS) is 1. The van der Waals surface area contributed by atoms with Crippen LogP contribution in [0.1, 0.15) is 60.7 Å². The molecule has 2 aliphatic heterocycles. The van der Waals surface area contributed by atoms with Gasteiger partial charge in [-0.05, 0) is 31.2 Å². The van der Waals surface area contributed by atoms with Crippen LogP contribution in [0.25, 0.3) is 0 Å². The van der Waals surface area contributed by atoms with Gasteiger partial charge in [0.05, 0.1) is 6.04 Å². The Bertz CT molecular complexity index is 1070. The Balaban J connectivity index is 0.000000601. The SMILES string of the molecule is CC(=O)O.O=C(NC[C@H]1[C@H]2C[C@H](CN(C(=O)c3ccon3)C2)c2cccc(=O)n21)C1CCC1. The zero-order chi connectivity index (χ0) is 23.5. The number of piperidine rings is 1. The van der Waals surface area contributed by atoms with Gasteiger partial charge in [-0.25, -0.2) is 0 Å². The van der Waals surface area contributed by atoms with E-state index in [9.17, 15) is 14.4 Å². The molecule has 2 bridgehead atoms. The summed E-state index contributed by atoms with van der Waals surface area (Å²) in [6.45, 7) is 2.58. The third-order valence-electron chi connectivity index (χ3n) is 6.70. The molecule has 1 aliphatic carbocycles. The van der Waals surface area contributed by atoms with Crippen molar-refractivity contribution in [1.82, 2.24) is 19.9 Å². The summed E-state index contributed by atoms with van der Waals surface area (Å²) >= 11 is 0. The maximum absolute atomic E-state index is 12.8. The minimum atomic E-state index is -0.833. The number of rotatable bonds is 4. The van der Waals surface area contributed by atoms with Crippen molar-refractivity contribution in [3.05, 3.63) is 52.3 Å². The number of hydrogen-bond donors (Lipinski definition) is 2. The molecule has 10 nitrogen and oxygen atoms in total. The van der Waals surface area contributed by atoms with Crippen molar-refractivity contribution in [3.8, 4) is 0 Å². The third kappa shape index (κ3) is 4.84. The molecule has 2 fully saturated rings. The second-order valence-electron chi connectivity index (χ2n) is 8.91. The first-order valence-electron chi connectivity index (χ1n) is 11.2. The van der Waals surface area contributed by atoms with Crippen LogP contribution in [-0.2, 0) is 9.59 Å². The molecule has 1 saturated carbocycles. The van der Waals surface area contributed by atoms with E-state index in [0.29, 0.717) is 25.3 Å². The van der Waals surface area contributed by atoms with Gasteiger partial charge in [0.2, 0.25) is 5.91 Å². The zero-order valence-electron chi connectivity index (χ0n) is 18.5. The number of amides is 2. The van der Waals surface area contributed by atoms with Crippen LogP contribution in [0, 0.1) is 11.8 Å². The van der Waals surface area contributed by atoms with Crippen LogP contribution < -0.4 is 10.9 Å². The van der Waals surface area contributed by atoms with Crippen LogP contribution in [0.3, 0.4) is 0 Å². The highest BCUT2D eigenvalue weighted by Crippen LogP contribution is 2.41. The minimum absolute atomic E-state index is 0.0450. The Hall–Kier alpha value is -3.43. The van der Waals surface area contributed by atoms with Crippen molar-refractivity contribution in [3.63, 3.8) is 0 Å². The topological polar surface area (TPSA) is 135 Å². The summed E-state index contributed by atoms with van der Waals surface area (Å²) < 4.78 is 6.67. The number of hydrogen-bond acceptors (Lipinski definition) is 6. The van der Waals surface area contributed by atoms with Crippen LogP contribution in [0.4, 0.5) is 0 Å². The number of carbonyl (C=O) groups is 3. The Morgan fingerprint density at radius 1 is 1.21 bits per heavy atom. The molecule has 10 heteroatoms. The van der Waals surface area contributed by atoms with E-state index in [-0.39, 0.29) is 41.2 Å². The van der Waals surface area contributed by atoms with Gasteiger partial charge in [-0.3, -0.25) is 19.2 Å². The first kappa shape index (κ1) is 22.8. The molecule has 0 aromatic carbocycles. The van der Waals surface area contributed by atoms with E-state index in [0.717, 1.165) is 38.3 Å². The van der Waals surface area contributed by atoms with Crippen LogP contribution >= 0.6 is 0 Å². The molecule has 33 heavy (non-hydrogen) atoms. The largest absolute Gasteiger partial charge is 0.481 e. The van der Waals surface area contributed by atoms with Gasteiger partial charge in [0.25, 0.3) is 17.4 Å². The number of nitrogens with one attached hydrogen (secondary N) is 1. The smallest absolute Gasteiger partial charge is 0.300 e. The lowest BCUT2D eigenvalue weighted by molar-refractivity contribution is -0.134. The van der Waals surface area contributed by atoms with E-state index < -0.39 is 5.97 Å². The molecule has 0 unspecified atom stereocenters. The van der Waals surface area contributed by atoms with E-state index >= 15 is 0 Å². The fourth-order valence-electron chi connectivity index (χ4n) is 4.98.